The molecular formula is C13H21NO9. The van der Waals surface area contributed by atoms with Crippen LogP contribution in [-0.2, 0) is 23.9 Å². The molecule has 0 heterocycles. The van der Waals surface area contributed by atoms with Gasteiger partial charge in [0, 0.05) is 12.0 Å². The zero-order valence-corrected chi connectivity index (χ0v) is 12.8. The molecule has 5 N–H and O–H groups in total. The number of hydrogen-bond donors (Lipinski definition) is 5. The largest absolute Gasteiger partial charge is 0.481 e. The maximum Gasteiger partial charge on any atom is 0.321 e. The normalized spacial score (nSPS) is 12.6. The molecule has 0 aliphatic rings. The Balaban J connectivity index is 4.19. The molecule has 0 bridgehead atoms. The Kier molecular flexibility index (Phi) is 8.19. The molecule has 0 saturated heterocycles. The smallest absolute Gasteiger partial charge is 0.321 e. The Morgan fingerprint density at radius 1 is 1.13 bits per heavy atom. The summed E-state index contributed by atoms with van der Waals surface area (Å²) in [5.41, 5.74) is -1.05. The lowest BCUT2D eigenvalue weighted by Gasteiger charge is -2.27. The first-order valence-corrected chi connectivity index (χ1v) is 6.70. The molecule has 23 heavy (non-hydrogen) atoms. The van der Waals surface area contributed by atoms with Gasteiger partial charge in [-0.3, -0.25) is 19.2 Å². The van der Waals surface area contributed by atoms with E-state index in [1.807, 2.05) is 0 Å². The number of ether oxygens (including phenoxy) is 1. The average Bonchev–Trinajstić information content (AvgIpc) is 2.45. The number of rotatable bonds is 10. The van der Waals surface area contributed by atoms with Gasteiger partial charge in [-0.2, -0.15) is 0 Å². The van der Waals surface area contributed by atoms with Crippen LogP contribution >= 0.6 is 0 Å². The van der Waals surface area contributed by atoms with Crippen LogP contribution in [-0.4, -0.2) is 70.1 Å². The highest BCUT2D eigenvalue weighted by molar-refractivity contribution is 5.93. The molecule has 0 aromatic carbocycles. The summed E-state index contributed by atoms with van der Waals surface area (Å²) in [6.07, 6.45) is -1.81. The van der Waals surface area contributed by atoms with Gasteiger partial charge in [0.25, 0.3) is 0 Å². The third-order valence-corrected chi connectivity index (χ3v) is 3.03. The summed E-state index contributed by atoms with van der Waals surface area (Å²) in [6.45, 7) is 1.51. The standard InChI is InChI=1S/C13H21NO9/c1-13(2,6-15)9(17)10(18)14-4-3-8(16)23-5-7(11(19)20)12(21)22/h7,9,15,17H,3-6H2,1-2H3,(H,14,18)(H,19,20)(H,21,22)/t9-/m0/s1. The lowest BCUT2D eigenvalue weighted by atomic mass is 9.87. The molecule has 0 unspecified atom stereocenters. The molecule has 0 radical (unpaired) electrons. The van der Waals surface area contributed by atoms with Crippen molar-refractivity contribution in [2.75, 3.05) is 19.8 Å². The van der Waals surface area contributed by atoms with Crippen molar-refractivity contribution < 1.29 is 44.3 Å². The number of amides is 1. The van der Waals surface area contributed by atoms with Gasteiger partial charge in [-0.15, -0.1) is 0 Å². The van der Waals surface area contributed by atoms with Crippen molar-refractivity contribution >= 4 is 23.8 Å². The van der Waals surface area contributed by atoms with Crippen molar-refractivity contribution in [3.63, 3.8) is 0 Å². The Labute approximate surface area is 132 Å². The Bertz CT molecular complexity index is 446. The number of carboxylic acid groups (broad SMARTS) is 2. The molecule has 0 fully saturated rings. The van der Waals surface area contributed by atoms with Gasteiger partial charge in [0.2, 0.25) is 5.91 Å². The van der Waals surface area contributed by atoms with Crippen LogP contribution in [0.25, 0.3) is 0 Å². The number of esters is 1. The van der Waals surface area contributed by atoms with Gasteiger partial charge in [-0.25, -0.2) is 0 Å². The molecule has 0 aliphatic heterocycles. The van der Waals surface area contributed by atoms with Gasteiger partial charge in [0.05, 0.1) is 13.0 Å². The first-order valence-electron chi connectivity index (χ1n) is 6.70. The van der Waals surface area contributed by atoms with Crippen LogP contribution in [0.4, 0.5) is 0 Å². The highest BCUT2D eigenvalue weighted by Crippen LogP contribution is 2.19. The molecule has 1 atom stereocenters. The van der Waals surface area contributed by atoms with Crippen molar-refractivity contribution in [2.45, 2.75) is 26.4 Å². The van der Waals surface area contributed by atoms with Gasteiger partial charge < -0.3 is 30.5 Å². The van der Waals surface area contributed by atoms with E-state index < -0.39 is 54.5 Å². The van der Waals surface area contributed by atoms with Gasteiger partial charge in [0.15, 0.2) is 5.92 Å². The molecule has 0 saturated carbocycles. The number of hydrogen-bond acceptors (Lipinski definition) is 7. The zero-order valence-electron chi connectivity index (χ0n) is 12.8. The van der Waals surface area contributed by atoms with Crippen molar-refractivity contribution in [1.29, 1.82) is 0 Å². The molecule has 132 valence electrons. The Morgan fingerprint density at radius 3 is 2.09 bits per heavy atom. The first kappa shape index (κ1) is 20.8. The lowest BCUT2D eigenvalue weighted by molar-refractivity contribution is -0.160. The lowest BCUT2D eigenvalue weighted by Crippen LogP contribution is -2.46. The maximum atomic E-state index is 11.6. The van der Waals surface area contributed by atoms with Crippen molar-refractivity contribution in [1.82, 2.24) is 5.32 Å². The minimum atomic E-state index is -1.86. The number of aliphatic hydroxyl groups is 2. The fourth-order valence-electron chi connectivity index (χ4n) is 1.32. The van der Waals surface area contributed by atoms with Gasteiger partial charge in [-0.1, -0.05) is 13.8 Å². The molecule has 0 aliphatic carbocycles. The van der Waals surface area contributed by atoms with E-state index >= 15 is 0 Å². The zero-order chi connectivity index (χ0) is 18.2. The number of carboxylic acids is 2. The summed E-state index contributed by atoms with van der Waals surface area (Å²) < 4.78 is 4.50. The first-order chi connectivity index (χ1) is 10.5. The van der Waals surface area contributed by atoms with Crippen LogP contribution in [0, 0.1) is 11.3 Å². The fraction of sp³-hybridized carbons (Fsp3) is 0.692. The second kappa shape index (κ2) is 9.06. The molecule has 0 rings (SSSR count). The number of nitrogens with one attached hydrogen (secondary N) is 1. The van der Waals surface area contributed by atoms with Crippen LogP contribution in [0.2, 0.25) is 0 Å². The fourth-order valence-corrected chi connectivity index (χ4v) is 1.32. The molecule has 0 spiro atoms. The van der Waals surface area contributed by atoms with Crippen molar-refractivity contribution in [2.24, 2.45) is 11.3 Å². The Hall–Kier alpha value is -2.20. The summed E-state index contributed by atoms with van der Waals surface area (Å²) >= 11 is 0. The third kappa shape index (κ3) is 7.06. The summed E-state index contributed by atoms with van der Waals surface area (Å²) in [6, 6.07) is 0. The van der Waals surface area contributed by atoms with E-state index in [0.29, 0.717) is 0 Å². The predicted octanol–water partition coefficient (Wildman–Crippen LogP) is -1.80. The number of carbonyl (C=O) groups is 4. The van der Waals surface area contributed by atoms with Gasteiger partial charge >= 0.3 is 17.9 Å². The van der Waals surface area contributed by atoms with Crippen molar-refractivity contribution in [3.8, 4) is 0 Å². The third-order valence-electron chi connectivity index (χ3n) is 3.03. The maximum absolute atomic E-state index is 11.6. The summed E-state index contributed by atoms with van der Waals surface area (Å²) in [4.78, 5) is 44.1. The molecular weight excluding hydrogens is 314 g/mol. The second-order valence-corrected chi connectivity index (χ2v) is 5.50. The molecule has 10 heteroatoms. The highest BCUT2D eigenvalue weighted by Gasteiger charge is 2.33. The van der Waals surface area contributed by atoms with Crippen LogP contribution in [0.15, 0.2) is 0 Å². The van der Waals surface area contributed by atoms with E-state index in [1.54, 1.807) is 0 Å². The molecule has 1 amide bonds. The minimum absolute atomic E-state index is 0.193. The van der Waals surface area contributed by atoms with Crippen LogP contribution in [0.3, 0.4) is 0 Å². The number of aliphatic carboxylic acids is 2. The van der Waals surface area contributed by atoms with E-state index in [2.05, 4.69) is 10.1 Å². The molecule has 0 aromatic rings. The topological polar surface area (TPSA) is 170 Å². The van der Waals surface area contributed by atoms with Crippen LogP contribution in [0.5, 0.6) is 0 Å². The van der Waals surface area contributed by atoms with Crippen molar-refractivity contribution in [3.05, 3.63) is 0 Å². The van der Waals surface area contributed by atoms with Crippen LogP contribution in [0.1, 0.15) is 20.3 Å². The number of carbonyl (C=O) groups excluding carboxylic acids is 2. The SMILES string of the molecule is CC(C)(CO)[C@@H](O)C(=O)NCCC(=O)OCC(C(=O)O)C(=O)O. The minimum Gasteiger partial charge on any atom is -0.481 e. The molecule has 10 nitrogen and oxygen atoms in total. The monoisotopic (exact) mass is 335 g/mol. The van der Waals surface area contributed by atoms with E-state index in [-0.39, 0.29) is 13.0 Å². The second-order valence-electron chi connectivity index (χ2n) is 5.50. The average molecular weight is 335 g/mol. The van der Waals surface area contributed by atoms with E-state index in [4.69, 9.17) is 15.3 Å². The van der Waals surface area contributed by atoms with Gasteiger partial charge in [-0.05, 0) is 0 Å². The highest BCUT2D eigenvalue weighted by atomic mass is 16.5. The quantitative estimate of drug-likeness (QED) is 0.228. The number of aliphatic hydroxyl groups excluding tert-OH is 2. The summed E-state index contributed by atoms with van der Waals surface area (Å²) in [5, 5.41) is 38.1. The van der Waals surface area contributed by atoms with E-state index in [0.717, 1.165) is 0 Å². The Morgan fingerprint density at radius 2 is 1.65 bits per heavy atom. The predicted molar refractivity (Wildman–Crippen MR) is 74.2 cm³/mol. The van der Waals surface area contributed by atoms with Gasteiger partial charge in [0.1, 0.15) is 12.7 Å². The van der Waals surface area contributed by atoms with Crippen LogP contribution < -0.4 is 5.32 Å². The molecule has 0 aromatic heterocycles. The van der Waals surface area contributed by atoms with E-state index in [9.17, 15) is 24.3 Å². The van der Waals surface area contributed by atoms with E-state index in [1.165, 1.54) is 13.8 Å². The summed E-state index contributed by atoms with van der Waals surface area (Å²) in [5.74, 6) is -6.80. The summed E-state index contributed by atoms with van der Waals surface area (Å²) in [7, 11) is 0.